The second kappa shape index (κ2) is 8.23. The summed E-state index contributed by atoms with van der Waals surface area (Å²) >= 11 is 0. The maximum atomic E-state index is 11.0. The number of hydrogen-bond donors (Lipinski definition) is 1. The van der Waals surface area contributed by atoms with E-state index >= 15 is 0 Å². The van der Waals surface area contributed by atoms with Crippen LogP contribution in [0.25, 0.3) is 0 Å². The van der Waals surface area contributed by atoms with Crippen LogP contribution in [0.1, 0.15) is 6.42 Å². The Morgan fingerprint density at radius 1 is 1.35 bits per heavy atom. The Kier molecular flexibility index (Phi) is 6.60. The largest absolute Gasteiger partial charge is 0.385 e. The van der Waals surface area contributed by atoms with Crippen molar-refractivity contribution in [3.05, 3.63) is 16.3 Å². The SMILES string of the molecule is COCCCN(CCOC)c1nc(N)ncc1[N+](=O)[O-]. The van der Waals surface area contributed by atoms with Gasteiger partial charge in [-0.3, -0.25) is 10.1 Å². The van der Waals surface area contributed by atoms with E-state index in [2.05, 4.69) is 9.97 Å². The molecule has 9 nitrogen and oxygen atoms in total. The number of nitro groups is 1. The standard InChI is InChI=1S/C11H19N5O4/c1-19-6-3-4-15(5-7-20-2)10-9(16(17)18)8-13-11(12)14-10/h8H,3-7H2,1-2H3,(H2,12,13,14). The van der Waals surface area contributed by atoms with E-state index < -0.39 is 4.92 Å². The van der Waals surface area contributed by atoms with Crippen molar-refractivity contribution in [2.24, 2.45) is 0 Å². The molecule has 2 N–H and O–H groups in total. The van der Waals surface area contributed by atoms with Crippen molar-refractivity contribution < 1.29 is 14.4 Å². The highest BCUT2D eigenvalue weighted by Crippen LogP contribution is 2.25. The Labute approximate surface area is 116 Å². The first-order valence-electron chi connectivity index (χ1n) is 6.10. The molecular weight excluding hydrogens is 266 g/mol. The van der Waals surface area contributed by atoms with Gasteiger partial charge in [0.1, 0.15) is 6.20 Å². The highest BCUT2D eigenvalue weighted by atomic mass is 16.6. The molecule has 0 unspecified atom stereocenters. The molecule has 9 heteroatoms. The summed E-state index contributed by atoms with van der Waals surface area (Å²) in [6.45, 7) is 2.00. The van der Waals surface area contributed by atoms with Crippen molar-refractivity contribution in [2.45, 2.75) is 6.42 Å². The molecular formula is C11H19N5O4. The lowest BCUT2D eigenvalue weighted by Gasteiger charge is -2.22. The zero-order valence-electron chi connectivity index (χ0n) is 11.6. The molecule has 0 saturated heterocycles. The smallest absolute Gasteiger partial charge is 0.329 e. The fourth-order valence-electron chi connectivity index (χ4n) is 1.67. The van der Waals surface area contributed by atoms with E-state index in [4.69, 9.17) is 15.2 Å². The molecule has 1 aromatic rings. The first kappa shape index (κ1) is 16.1. The van der Waals surface area contributed by atoms with Gasteiger partial charge in [-0.05, 0) is 6.42 Å². The number of anilines is 2. The highest BCUT2D eigenvalue weighted by molar-refractivity contribution is 5.58. The molecule has 1 aromatic heterocycles. The minimum atomic E-state index is -0.523. The topological polar surface area (TPSA) is 117 Å². The van der Waals surface area contributed by atoms with Crippen LogP contribution in [0.3, 0.4) is 0 Å². The molecule has 0 aliphatic rings. The minimum absolute atomic E-state index is 0.000224. The molecule has 20 heavy (non-hydrogen) atoms. The summed E-state index contributed by atoms with van der Waals surface area (Å²) in [7, 11) is 3.17. The van der Waals surface area contributed by atoms with Crippen LogP contribution in [0.2, 0.25) is 0 Å². The van der Waals surface area contributed by atoms with Gasteiger partial charge < -0.3 is 20.1 Å². The molecule has 0 spiro atoms. The summed E-state index contributed by atoms with van der Waals surface area (Å²) in [6.07, 6.45) is 1.83. The van der Waals surface area contributed by atoms with E-state index in [0.717, 1.165) is 6.20 Å². The molecule has 0 atom stereocenters. The number of aromatic nitrogens is 2. The number of ether oxygens (including phenoxy) is 2. The quantitative estimate of drug-likeness (QED) is 0.395. The number of nitrogens with two attached hydrogens (primary N) is 1. The van der Waals surface area contributed by atoms with Crippen molar-refractivity contribution in [2.75, 3.05) is 51.2 Å². The molecule has 0 amide bonds. The Morgan fingerprint density at radius 2 is 2.05 bits per heavy atom. The van der Waals surface area contributed by atoms with Gasteiger partial charge >= 0.3 is 5.69 Å². The monoisotopic (exact) mass is 285 g/mol. The third kappa shape index (κ3) is 4.59. The molecule has 0 aliphatic carbocycles. The minimum Gasteiger partial charge on any atom is -0.385 e. The number of nitrogens with zero attached hydrogens (tertiary/aromatic N) is 4. The van der Waals surface area contributed by atoms with Gasteiger partial charge in [0.2, 0.25) is 11.8 Å². The van der Waals surface area contributed by atoms with Crippen LogP contribution in [0.15, 0.2) is 6.20 Å². The maximum Gasteiger partial charge on any atom is 0.329 e. The average molecular weight is 285 g/mol. The predicted molar refractivity (Wildman–Crippen MR) is 73.7 cm³/mol. The Hall–Kier alpha value is -2.00. The third-order valence-electron chi connectivity index (χ3n) is 2.61. The van der Waals surface area contributed by atoms with E-state index in [1.165, 1.54) is 0 Å². The number of nitrogen functional groups attached to an aromatic ring is 1. The average Bonchev–Trinajstić information content (AvgIpc) is 2.42. The third-order valence-corrected chi connectivity index (χ3v) is 2.61. The first-order chi connectivity index (χ1) is 9.60. The van der Waals surface area contributed by atoms with E-state index in [1.54, 1.807) is 19.1 Å². The Morgan fingerprint density at radius 3 is 2.65 bits per heavy atom. The molecule has 112 valence electrons. The summed E-state index contributed by atoms with van der Waals surface area (Å²) in [5.74, 6) is 0.204. The molecule has 1 heterocycles. The lowest BCUT2D eigenvalue weighted by atomic mass is 10.3. The fraction of sp³-hybridized carbons (Fsp3) is 0.636. The van der Waals surface area contributed by atoms with Gasteiger partial charge in [0.15, 0.2) is 0 Å². The van der Waals surface area contributed by atoms with Crippen LogP contribution in [0.4, 0.5) is 17.5 Å². The van der Waals surface area contributed by atoms with Crippen LogP contribution in [0.5, 0.6) is 0 Å². The molecule has 0 fully saturated rings. The van der Waals surface area contributed by atoms with Crippen LogP contribution in [0, 0.1) is 10.1 Å². The Balaban J connectivity index is 2.97. The normalized spacial score (nSPS) is 10.5. The van der Waals surface area contributed by atoms with Crippen molar-refractivity contribution in [1.82, 2.24) is 9.97 Å². The van der Waals surface area contributed by atoms with Crippen LogP contribution in [-0.4, -0.2) is 55.4 Å². The number of methoxy groups -OCH3 is 2. The zero-order valence-corrected chi connectivity index (χ0v) is 11.6. The van der Waals surface area contributed by atoms with Crippen molar-refractivity contribution in [3.8, 4) is 0 Å². The van der Waals surface area contributed by atoms with Gasteiger partial charge in [-0.25, -0.2) is 4.98 Å². The summed E-state index contributed by atoms with van der Waals surface area (Å²) in [4.78, 5) is 19.9. The zero-order chi connectivity index (χ0) is 15.0. The van der Waals surface area contributed by atoms with Crippen molar-refractivity contribution >= 4 is 17.5 Å². The lowest BCUT2D eigenvalue weighted by molar-refractivity contribution is -0.384. The molecule has 0 saturated carbocycles. The second-order valence-electron chi connectivity index (χ2n) is 4.02. The van der Waals surface area contributed by atoms with Gasteiger partial charge in [0.25, 0.3) is 0 Å². The van der Waals surface area contributed by atoms with Crippen LogP contribution >= 0.6 is 0 Å². The van der Waals surface area contributed by atoms with Gasteiger partial charge in [-0.15, -0.1) is 0 Å². The van der Waals surface area contributed by atoms with Gasteiger partial charge in [-0.2, -0.15) is 4.98 Å². The molecule has 0 aromatic carbocycles. The van der Waals surface area contributed by atoms with Crippen molar-refractivity contribution in [1.29, 1.82) is 0 Å². The highest BCUT2D eigenvalue weighted by Gasteiger charge is 2.22. The molecule has 0 radical (unpaired) electrons. The molecule has 0 bridgehead atoms. The summed E-state index contributed by atoms with van der Waals surface area (Å²) in [6, 6.07) is 0. The summed E-state index contributed by atoms with van der Waals surface area (Å²) in [5, 5.41) is 11.0. The maximum absolute atomic E-state index is 11.0. The molecule has 0 aliphatic heterocycles. The second-order valence-corrected chi connectivity index (χ2v) is 4.02. The van der Waals surface area contributed by atoms with Gasteiger partial charge in [-0.1, -0.05) is 0 Å². The van der Waals surface area contributed by atoms with Crippen LogP contribution < -0.4 is 10.6 Å². The van der Waals surface area contributed by atoms with E-state index in [1.807, 2.05) is 0 Å². The Bertz CT molecular complexity index is 443. The van der Waals surface area contributed by atoms with Gasteiger partial charge in [0.05, 0.1) is 11.5 Å². The van der Waals surface area contributed by atoms with Gasteiger partial charge in [0, 0.05) is 33.9 Å². The van der Waals surface area contributed by atoms with E-state index in [9.17, 15) is 10.1 Å². The number of hydrogen-bond acceptors (Lipinski definition) is 8. The summed E-state index contributed by atoms with van der Waals surface area (Å²) in [5.41, 5.74) is 5.35. The summed E-state index contributed by atoms with van der Waals surface area (Å²) < 4.78 is 10.00. The van der Waals surface area contributed by atoms with E-state index in [-0.39, 0.29) is 17.5 Å². The van der Waals surface area contributed by atoms with E-state index in [0.29, 0.717) is 32.7 Å². The number of rotatable bonds is 9. The van der Waals surface area contributed by atoms with Crippen LogP contribution in [-0.2, 0) is 9.47 Å². The fourth-order valence-corrected chi connectivity index (χ4v) is 1.67. The predicted octanol–water partition coefficient (Wildman–Crippen LogP) is 0.456. The first-order valence-corrected chi connectivity index (χ1v) is 6.10. The molecule has 1 rings (SSSR count). The van der Waals surface area contributed by atoms with Crippen molar-refractivity contribution in [3.63, 3.8) is 0 Å². The lowest BCUT2D eigenvalue weighted by Crippen LogP contribution is -2.30.